The molecule has 2 amide bonds. The maximum atomic E-state index is 12.1. The number of carbonyl (C=O) groups is 1. The van der Waals surface area contributed by atoms with E-state index >= 15 is 0 Å². The first-order chi connectivity index (χ1) is 12.5. The molecule has 0 atom stereocenters. The summed E-state index contributed by atoms with van der Waals surface area (Å²) < 4.78 is 6.66. The van der Waals surface area contributed by atoms with Gasteiger partial charge in [0.05, 0.1) is 8.95 Å². The molecule has 26 heavy (non-hydrogen) atoms. The van der Waals surface area contributed by atoms with Crippen molar-refractivity contribution in [3.63, 3.8) is 0 Å². The summed E-state index contributed by atoms with van der Waals surface area (Å²) in [5.74, 6) is 1.49. The Balaban J connectivity index is 1.61. The monoisotopic (exact) mass is 476 g/mol. The maximum Gasteiger partial charge on any atom is 0.323 e. The van der Waals surface area contributed by atoms with Crippen LogP contribution < -0.4 is 15.4 Å². The summed E-state index contributed by atoms with van der Waals surface area (Å²) >= 11 is 6.45. The molecule has 0 radical (unpaired) electrons. The largest absolute Gasteiger partial charge is 0.506 e. The number of hydrogen-bond donors (Lipinski definition) is 3. The highest BCUT2D eigenvalue weighted by atomic mass is 79.9. The minimum atomic E-state index is -0.397. The lowest BCUT2D eigenvalue weighted by Gasteiger charge is -2.10. The van der Waals surface area contributed by atoms with Gasteiger partial charge < -0.3 is 20.5 Å². The van der Waals surface area contributed by atoms with Gasteiger partial charge in [0.15, 0.2) is 0 Å². The minimum Gasteiger partial charge on any atom is -0.506 e. The second-order valence-corrected chi connectivity index (χ2v) is 7.02. The second kappa shape index (κ2) is 8.25. The molecule has 0 spiro atoms. The number of amides is 2. The van der Waals surface area contributed by atoms with Crippen LogP contribution in [0.4, 0.5) is 16.2 Å². The van der Waals surface area contributed by atoms with Gasteiger partial charge in [0.25, 0.3) is 0 Å². The van der Waals surface area contributed by atoms with Crippen molar-refractivity contribution in [3.8, 4) is 17.2 Å². The fourth-order valence-electron chi connectivity index (χ4n) is 2.16. The number of rotatable bonds is 4. The van der Waals surface area contributed by atoms with Crippen LogP contribution in [0.25, 0.3) is 0 Å². The lowest BCUT2D eigenvalue weighted by molar-refractivity contribution is 0.262. The average Bonchev–Trinajstić information content (AvgIpc) is 2.62. The number of para-hydroxylation sites is 1. The Bertz CT molecular complexity index is 893. The van der Waals surface area contributed by atoms with E-state index in [0.29, 0.717) is 26.1 Å². The van der Waals surface area contributed by atoms with Crippen molar-refractivity contribution in [2.45, 2.75) is 0 Å². The third-order valence-corrected chi connectivity index (χ3v) is 4.57. The Labute approximate surface area is 167 Å². The van der Waals surface area contributed by atoms with E-state index in [1.807, 2.05) is 30.3 Å². The molecule has 3 aromatic rings. The van der Waals surface area contributed by atoms with Crippen LogP contribution >= 0.6 is 31.9 Å². The highest BCUT2D eigenvalue weighted by Gasteiger charge is 2.09. The Hall–Kier alpha value is -2.51. The van der Waals surface area contributed by atoms with E-state index < -0.39 is 6.03 Å². The predicted molar refractivity (Wildman–Crippen MR) is 109 cm³/mol. The molecule has 0 aliphatic carbocycles. The zero-order valence-corrected chi connectivity index (χ0v) is 16.5. The number of ether oxygens (including phenoxy) is 1. The minimum absolute atomic E-state index is 0.0740. The molecule has 0 aromatic heterocycles. The highest BCUT2D eigenvalue weighted by molar-refractivity contribution is 9.11. The number of phenolic OH excluding ortho intramolecular Hbond substituents is 1. The second-order valence-electron chi connectivity index (χ2n) is 5.31. The van der Waals surface area contributed by atoms with Gasteiger partial charge in [-0.1, -0.05) is 18.2 Å². The first-order valence-electron chi connectivity index (χ1n) is 7.60. The lowest BCUT2D eigenvalue weighted by atomic mass is 10.3. The van der Waals surface area contributed by atoms with Crippen LogP contribution in [-0.2, 0) is 0 Å². The zero-order valence-electron chi connectivity index (χ0n) is 13.4. The summed E-state index contributed by atoms with van der Waals surface area (Å²) in [5, 5.41) is 15.1. The molecule has 3 N–H and O–H groups in total. The Morgan fingerprint density at radius 1 is 0.808 bits per heavy atom. The molecule has 7 heteroatoms. The first-order valence-corrected chi connectivity index (χ1v) is 9.19. The van der Waals surface area contributed by atoms with Crippen LogP contribution in [0.15, 0.2) is 75.7 Å². The van der Waals surface area contributed by atoms with E-state index in [1.165, 1.54) is 0 Å². The Morgan fingerprint density at radius 2 is 1.35 bits per heavy atom. The predicted octanol–water partition coefficient (Wildman–Crippen LogP) is 6.35. The molecule has 0 unspecified atom stereocenters. The lowest BCUT2D eigenvalue weighted by Crippen LogP contribution is -2.19. The highest BCUT2D eigenvalue weighted by Crippen LogP contribution is 2.35. The van der Waals surface area contributed by atoms with Gasteiger partial charge in [-0.25, -0.2) is 4.79 Å². The maximum absolute atomic E-state index is 12.1. The molecule has 0 aliphatic heterocycles. The van der Waals surface area contributed by atoms with E-state index in [0.717, 1.165) is 5.75 Å². The number of nitrogens with one attached hydrogen (secondary N) is 2. The summed E-state index contributed by atoms with van der Waals surface area (Å²) in [7, 11) is 0. The van der Waals surface area contributed by atoms with Crippen molar-refractivity contribution in [1.82, 2.24) is 0 Å². The van der Waals surface area contributed by atoms with E-state index in [4.69, 9.17) is 4.74 Å². The van der Waals surface area contributed by atoms with E-state index in [9.17, 15) is 9.90 Å². The number of anilines is 2. The number of phenols is 1. The normalized spacial score (nSPS) is 10.2. The number of carbonyl (C=O) groups excluding carboxylic acids is 1. The van der Waals surface area contributed by atoms with Gasteiger partial charge in [-0.15, -0.1) is 0 Å². The number of urea groups is 1. The smallest absolute Gasteiger partial charge is 0.323 e. The summed E-state index contributed by atoms with van der Waals surface area (Å²) in [6.45, 7) is 0. The first kappa shape index (κ1) is 18.3. The average molecular weight is 478 g/mol. The van der Waals surface area contributed by atoms with Crippen LogP contribution in [0, 0.1) is 0 Å². The number of halogens is 2. The number of hydrogen-bond acceptors (Lipinski definition) is 3. The number of aromatic hydroxyl groups is 1. The molecule has 0 heterocycles. The molecule has 0 bridgehead atoms. The third kappa shape index (κ3) is 4.77. The number of benzene rings is 3. The van der Waals surface area contributed by atoms with Gasteiger partial charge in [0.2, 0.25) is 0 Å². The SMILES string of the molecule is O=C(Nc1ccc(Oc2ccccc2)cc1)Nc1cc(Br)c(O)c(Br)c1. The van der Waals surface area contributed by atoms with Crippen LogP contribution in [0.5, 0.6) is 17.2 Å². The van der Waals surface area contributed by atoms with Gasteiger partial charge in [-0.2, -0.15) is 0 Å². The van der Waals surface area contributed by atoms with Gasteiger partial charge in [-0.05, 0) is 80.4 Å². The molecule has 3 aromatic carbocycles. The van der Waals surface area contributed by atoms with Gasteiger partial charge >= 0.3 is 6.03 Å². The van der Waals surface area contributed by atoms with E-state index in [2.05, 4.69) is 42.5 Å². The Kier molecular flexibility index (Phi) is 5.80. The molecule has 0 saturated carbocycles. The van der Waals surface area contributed by atoms with Crippen molar-refractivity contribution < 1.29 is 14.6 Å². The zero-order chi connectivity index (χ0) is 18.5. The topological polar surface area (TPSA) is 70.6 Å². The van der Waals surface area contributed by atoms with Crippen molar-refractivity contribution >= 4 is 49.3 Å². The van der Waals surface area contributed by atoms with Crippen LogP contribution in [-0.4, -0.2) is 11.1 Å². The third-order valence-electron chi connectivity index (χ3n) is 3.37. The van der Waals surface area contributed by atoms with Crippen LogP contribution in [0.1, 0.15) is 0 Å². The van der Waals surface area contributed by atoms with Gasteiger partial charge in [-0.3, -0.25) is 0 Å². The standard InChI is InChI=1S/C19H14Br2N2O3/c20-16-10-13(11-17(21)18(16)24)23-19(25)22-12-6-8-15(9-7-12)26-14-4-2-1-3-5-14/h1-11,24H,(H2,22,23,25). The fraction of sp³-hybridized carbons (Fsp3) is 0. The molecule has 5 nitrogen and oxygen atoms in total. The summed E-state index contributed by atoms with van der Waals surface area (Å²) in [4.78, 5) is 12.1. The molecule has 0 saturated heterocycles. The fourth-order valence-corrected chi connectivity index (χ4v) is 3.35. The van der Waals surface area contributed by atoms with Gasteiger partial charge in [0, 0.05) is 11.4 Å². The van der Waals surface area contributed by atoms with Crippen LogP contribution in [0.3, 0.4) is 0 Å². The van der Waals surface area contributed by atoms with Crippen molar-refractivity contribution in [1.29, 1.82) is 0 Å². The van der Waals surface area contributed by atoms with Gasteiger partial charge in [0.1, 0.15) is 17.2 Å². The van der Waals surface area contributed by atoms with Crippen molar-refractivity contribution in [2.24, 2.45) is 0 Å². The van der Waals surface area contributed by atoms with E-state index in [1.54, 1.807) is 36.4 Å². The molecular weight excluding hydrogens is 464 g/mol. The quantitative estimate of drug-likeness (QED) is 0.383. The summed E-state index contributed by atoms with van der Waals surface area (Å²) in [6, 6.07) is 19.3. The molecule has 0 aliphatic rings. The van der Waals surface area contributed by atoms with Crippen LogP contribution in [0.2, 0.25) is 0 Å². The Morgan fingerprint density at radius 3 is 1.96 bits per heavy atom. The molecule has 132 valence electrons. The van der Waals surface area contributed by atoms with Crippen molar-refractivity contribution in [2.75, 3.05) is 10.6 Å². The summed E-state index contributed by atoms with van der Waals surface area (Å²) in [6.07, 6.45) is 0. The van der Waals surface area contributed by atoms with E-state index in [-0.39, 0.29) is 5.75 Å². The molecular formula is C19H14Br2N2O3. The summed E-state index contributed by atoms with van der Waals surface area (Å²) in [5.41, 5.74) is 1.16. The molecule has 3 rings (SSSR count). The van der Waals surface area contributed by atoms with Crippen molar-refractivity contribution in [3.05, 3.63) is 75.7 Å². The molecule has 0 fully saturated rings.